The average molecular weight is 282 g/mol. The molecule has 0 spiro atoms. The number of pyridine rings is 1. The number of carbonyl (C=O) groups is 1. The van der Waals surface area contributed by atoms with Gasteiger partial charge in [-0.1, -0.05) is 6.07 Å². The predicted molar refractivity (Wildman–Crippen MR) is 76.6 cm³/mol. The number of nitrogens with one attached hydrogen (secondary N) is 2. The van der Waals surface area contributed by atoms with Crippen molar-refractivity contribution in [3.8, 4) is 11.5 Å². The van der Waals surface area contributed by atoms with E-state index in [9.17, 15) is 4.79 Å². The van der Waals surface area contributed by atoms with Crippen LogP contribution in [0.5, 0.6) is 0 Å². The van der Waals surface area contributed by atoms with Gasteiger partial charge in [-0.15, -0.1) is 0 Å². The lowest BCUT2D eigenvalue weighted by molar-refractivity contribution is 0.0949. The van der Waals surface area contributed by atoms with Gasteiger partial charge in [0, 0.05) is 30.9 Å². The summed E-state index contributed by atoms with van der Waals surface area (Å²) >= 11 is 0. The molecule has 0 aliphatic rings. The Morgan fingerprint density at radius 3 is 3.00 bits per heavy atom. The lowest BCUT2D eigenvalue weighted by atomic mass is 10.2. The highest BCUT2D eigenvalue weighted by molar-refractivity contribution is 5.93. The van der Waals surface area contributed by atoms with Crippen LogP contribution in [0.4, 0.5) is 0 Å². The van der Waals surface area contributed by atoms with Crippen LogP contribution in [0.2, 0.25) is 0 Å². The molecule has 2 N–H and O–H groups in total. The third kappa shape index (κ3) is 3.17. The molecular formula is C15H14N4O2. The van der Waals surface area contributed by atoms with Gasteiger partial charge in [-0.25, -0.2) is 0 Å². The van der Waals surface area contributed by atoms with E-state index in [2.05, 4.69) is 20.5 Å². The van der Waals surface area contributed by atoms with E-state index in [4.69, 9.17) is 4.42 Å². The van der Waals surface area contributed by atoms with Gasteiger partial charge in [-0.05, 0) is 24.3 Å². The molecular weight excluding hydrogens is 268 g/mol. The molecule has 0 saturated carbocycles. The van der Waals surface area contributed by atoms with E-state index >= 15 is 0 Å². The minimum absolute atomic E-state index is 0.222. The Hall–Kier alpha value is -2.89. The van der Waals surface area contributed by atoms with Gasteiger partial charge in [-0.3, -0.25) is 14.9 Å². The smallest absolute Gasteiger partial charge is 0.271 e. The Bertz CT molecular complexity index is 704. The van der Waals surface area contributed by atoms with Crippen LogP contribution in [-0.4, -0.2) is 27.6 Å². The molecule has 1 amide bonds. The monoisotopic (exact) mass is 282 g/mol. The lowest BCUT2D eigenvalue weighted by Crippen LogP contribution is -2.26. The summed E-state index contributed by atoms with van der Waals surface area (Å²) in [5, 5.41) is 9.58. The quantitative estimate of drug-likeness (QED) is 0.750. The topological polar surface area (TPSA) is 83.8 Å². The summed E-state index contributed by atoms with van der Waals surface area (Å²) in [6.07, 6.45) is 3.99. The lowest BCUT2D eigenvalue weighted by Gasteiger charge is -2.02. The maximum Gasteiger partial charge on any atom is 0.271 e. The summed E-state index contributed by atoms with van der Waals surface area (Å²) in [5.41, 5.74) is 1.95. The molecule has 0 fully saturated rings. The third-order valence-electron chi connectivity index (χ3n) is 2.99. The van der Waals surface area contributed by atoms with Gasteiger partial charge in [0.1, 0.15) is 5.69 Å². The molecule has 3 heterocycles. The van der Waals surface area contributed by atoms with E-state index in [1.165, 1.54) is 0 Å². The van der Waals surface area contributed by atoms with Gasteiger partial charge in [0.2, 0.25) is 0 Å². The van der Waals surface area contributed by atoms with Crippen LogP contribution in [0.3, 0.4) is 0 Å². The summed E-state index contributed by atoms with van der Waals surface area (Å²) in [6.45, 7) is 0.513. The van der Waals surface area contributed by atoms with Crippen LogP contribution in [0.15, 0.2) is 53.3 Å². The number of hydrogen-bond donors (Lipinski definition) is 2. The largest absolute Gasteiger partial charge is 0.463 e. The first-order valence-electron chi connectivity index (χ1n) is 6.60. The van der Waals surface area contributed by atoms with Crippen molar-refractivity contribution in [2.45, 2.75) is 6.42 Å². The number of H-pyrrole nitrogens is 1. The van der Waals surface area contributed by atoms with Gasteiger partial charge in [0.15, 0.2) is 11.5 Å². The zero-order valence-corrected chi connectivity index (χ0v) is 11.2. The van der Waals surface area contributed by atoms with Crippen molar-refractivity contribution in [1.82, 2.24) is 20.5 Å². The highest BCUT2D eigenvalue weighted by Gasteiger charge is 2.12. The molecule has 3 rings (SSSR count). The Morgan fingerprint density at radius 1 is 1.29 bits per heavy atom. The fourth-order valence-electron chi connectivity index (χ4n) is 1.94. The molecule has 0 saturated heterocycles. The number of aromatic amines is 1. The zero-order chi connectivity index (χ0) is 14.5. The van der Waals surface area contributed by atoms with Gasteiger partial charge < -0.3 is 9.73 Å². The number of hydrogen-bond acceptors (Lipinski definition) is 4. The molecule has 0 radical (unpaired) electrons. The minimum atomic E-state index is -0.222. The molecule has 0 unspecified atom stereocenters. The number of amides is 1. The van der Waals surface area contributed by atoms with Crippen molar-refractivity contribution in [2.24, 2.45) is 0 Å². The highest BCUT2D eigenvalue weighted by atomic mass is 16.3. The van der Waals surface area contributed by atoms with Crippen molar-refractivity contribution in [2.75, 3.05) is 6.54 Å². The van der Waals surface area contributed by atoms with Crippen molar-refractivity contribution >= 4 is 5.91 Å². The first-order chi connectivity index (χ1) is 10.3. The molecule has 3 aromatic rings. The first kappa shape index (κ1) is 13.1. The van der Waals surface area contributed by atoms with Crippen LogP contribution >= 0.6 is 0 Å². The molecule has 0 bridgehead atoms. The maximum atomic E-state index is 12.0. The van der Waals surface area contributed by atoms with Gasteiger partial charge in [0.05, 0.1) is 6.26 Å². The summed E-state index contributed by atoms with van der Waals surface area (Å²) in [6, 6.07) is 11.0. The number of aromatic nitrogens is 3. The second-order valence-electron chi connectivity index (χ2n) is 4.47. The first-order valence-corrected chi connectivity index (χ1v) is 6.60. The van der Waals surface area contributed by atoms with E-state index in [-0.39, 0.29) is 5.91 Å². The molecule has 3 aromatic heterocycles. The number of nitrogens with zero attached hydrogens (tertiary/aromatic N) is 2. The Labute approximate surface area is 121 Å². The van der Waals surface area contributed by atoms with Crippen molar-refractivity contribution < 1.29 is 9.21 Å². The SMILES string of the molecule is O=C(NCCc1ccccn1)c1cc(-c2ccco2)[nH]n1. The third-order valence-corrected chi connectivity index (χ3v) is 2.99. The number of carbonyl (C=O) groups excluding carboxylic acids is 1. The van der Waals surface area contributed by atoms with Crippen molar-refractivity contribution in [3.63, 3.8) is 0 Å². The van der Waals surface area contributed by atoms with Crippen LogP contribution < -0.4 is 5.32 Å². The number of furan rings is 1. The fraction of sp³-hybridized carbons (Fsp3) is 0.133. The van der Waals surface area contributed by atoms with Crippen LogP contribution in [0, 0.1) is 0 Å². The number of rotatable bonds is 5. The molecule has 0 aliphatic heterocycles. The summed E-state index contributed by atoms with van der Waals surface area (Å²) in [7, 11) is 0. The van der Waals surface area contributed by atoms with Gasteiger partial charge in [-0.2, -0.15) is 5.10 Å². The molecule has 0 atom stereocenters. The van der Waals surface area contributed by atoms with Crippen molar-refractivity contribution in [1.29, 1.82) is 0 Å². The highest BCUT2D eigenvalue weighted by Crippen LogP contribution is 2.17. The van der Waals surface area contributed by atoms with E-state index in [0.29, 0.717) is 30.1 Å². The molecule has 21 heavy (non-hydrogen) atoms. The van der Waals surface area contributed by atoms with Gasteiger partial charge in [0.25, 0.3) is 5.91 Å². The molecule has 6 heteroatoms. The summed E-state index contributed by atoms with van der Waals surface area (Å²) in [4.78, 5) is 16.2. The maximum absolute atomic E-state index is 12.0. The standard InChI is InChI=1S/C15H14N4O2/c20-15(17-8-6-11-4-1-2-7-16-11)13-10-12(18-19-13)14-5-3-9-21-14/h1-5,7,9-10H,6,8H2,(H,17,20)(H,18,19). The minimum Gasteiger partial charge on any atom is -0.463 e. The fourth-order valence-corrected chi connectivity index (χ4v) is 1.94. The van der Waals surface area contributed by atoms with Crippen molar-refractivity contribution in [3.05, 3.63) is 60.2 Å². The second-order valence-corrected chi connectivity index (χ2v) is 4.47. The zero-order valence-electron chi connectivity index (χ0n) is 11.2. The Morgan fingerprint density at radius 2 is 2.24 bits per heavy atom. The summed E-state index contributed by atoms with van der Waals surface area (Å²) < 4.78 is 5.24. The molecule has 6 nitrogen and oxygen atoms in total. The van der Waals surface area contributed by atoms with E-state index < -0.39 is 0 Å². The van der Waals surface area contributed by atoms with Crippen LogP contribution in [0.25, 0.3) is 11.5 Å². The van der Waals surface area contributed by atoms with Gasteiger partial charge >= 0.3 is 0 Å². The van der Waals surface area contributed by atoms with Crippen LogP contribution in [-0.2, 0) is 6.42 Å². The Balaban J connectivity index is 1.56. The average Bonchev–Trinajstić information content (AvgIpc) is 3.19. The van der Waals surface area contributed by atoms with Crippen LogP contribution in [0.1, 0.15) is 16.2 Å². The van der Waals surface area contributed by atoms with E-state index in [1.54, 1.807) is 30.7 Å². The summed E-state index contributed by atoms with van der Waals surface area (Å²) in [5.74, 6) is 0.426. The second kappa shape index (κ2) is 6.04. The van der Waals surface area contributed by atoms with E-state index in [1.807, 2.05) is 18.2 Å². The Kier molecular flexibility index (Phi) is 3.77. The molecule has 0 aromatic carbocycles. The predicted octanol–water partition coefficient (Wildman–Crippen LogP) is 2.04. The molecule has 106 valence electrons. The van der Waals surface area contributed by atoms with E-state index in [0.717, 1.165) is 5.69 Å². The normalized spacial score (nSPS) is 10.5. The molecule has 0 aliphatic carbocycles.